The van der Waals surface area contributed by atoms with Gasteiger partial charge in [-0.15, -0.1) is 0 Å². The molecule has 126 valence electrons. The fraction of sp³-hybridized carbons (Fsp3) is 0.200. The first kappa shape index (κ1) is 16.0. The van der Waals surface area contributed by atoms with Gasteiger partial charge in [0, 0.05) is 6.42 Å². The number of thioether (sulfide) groups is 1. The van der Waals surface area contributed by atoms with Gasteiger partial charge in [0.15, 0.2) is 5.17 Å². The van der Waals surface area contributed by atoms with Gasteiger partial charge in [-0.1, -0.05) is 24.3 Å². The van der Waals surface area contributed by atoms with Gasteiger partial charge in [0.2, 0.25) is 0 Å². The van der Waals surface area contributed by atoms with Gasteiger partial charge < -0.3 is 10.1 Å². The van der Waals surface area contributed by atoms with Gasteiger partial charge in [0.05, 0.1) is 10.6 Å². The lowest BCUT2D eigenvalue weighted by molar-refractivity contribution is -0.115. The van der Waals surface area contributed by atoms with Crippen LogP contribution in [0, 0.1) is 0 Å². The lowest BCUT2D eigenvalue weighted by Crippen LogP contribution is -2.24. The van der Waals surface area contributed by atoms with Crippen molar-refractivity contribution in [2.24, 2.45) is 4.99 Å². The molecule has 2 aromatic rings. The Morgan fingerprint density at radius 1 is 1.20 bits per heavy atom. The van der Waals surface area contributed by atoms with Gasteiger partial charge in [-0.05, 0) is 67.1 Å². The molecule has 0 unspecified atom stereocenters. The molecule has 4 rings (SSSR count). The first-order valence-corrected chi connectivity index (χ1v) is 8.97. The van der Waals surface area contributed by atoms with Crippen molar-refractivity contribution >= 4 is 34.6 Å². The third-order valence-corrected chi connectivity index (χ3v) is 4.93. The molecule has 1 N–H and O–H groups in total. The third kappa shape index (κ3) is 3.46. The van der Waals surface area contributed by atoms with Crippen molar-refractivity contribution in [1.82, 2.24) is 5.32 Å². The minimum atomic E-state index is -0.164. The summed E-state index contributed by atoms with van der Waals surface area (Å²) in [5, 5.41) is 3.42. The van der Waals surface area contributed by atoms with E-state index in [0.717, 1.165) is 23.4 Å². The van der Waals surface area contributed by atoms with Crippen LogP contribution in [0.1, 0.15) is 25.0 Å². The Kier molecular flexibility index (Phi) is 3.88. The summed E-state index contributed by atoms with van der Waals surface area (Å²) in [5.74, 6) is 0.818. The number of nitrogens with zero attached hydrogens (tertiary/aromatic N) is 1. The number of benzene rings is 2. The van der Waals surface area contributed by atoms with Crippen LogP contribution in [0.15, 0.2) is 58.4 Å². The normalized spacial score (nSPS) is 21.3. The summed E-state index contributed by atoms with van der Waals surface area (Å²) in [6, 6.07) is 15.6. The van der Waals surface area contributed by atoms with Crippen LogP contribution in [0.4, 0.5) is 5.69 Å². The van der Waals surface area contributed by atoms with Crippen molar-refractivity contribution in [2.75, 3.05) is 0 Å². The number of nitrogens with one attached hydrogen (secondary N) is 1. The number of aliphatic imine (C=N–C) groups is 1. The Balaban J connectivity index is 1.57. The Hall–Kier alpha value is -2.53. The van der Waals surface area contributed by atoms with Crippen LogP contribution >= 0.6 is 11.8 Å². The number of fused-ring (bicyclic) bond motifs is 1. The van der Waals surface area contributed by atoms with E-state index in [0.29, 0.717) is 10.1 Å². The Labute approximate surface area is 151 Å². The molecule has 5 heteroatoms. The van der Waals surface area contributed by atoms with E-state index in [-0.39, 0.29) is 11.5 Å². The summed E-state index contributed by atoms with van der Waals surface area (Å²) < 4.78 is 5.90. The molecule has 0 aromatic heterocycles. The van der Waals surface area contributed by atoms with Gasteiger partial charge in [-0.3, -0.25) is 4.79 Å². The van der Waals surface area contributed by atoms with E-state index in [1.54, 1.807) is 0 Å². The number of hydrogen-bond donors (Lipinski definition) is 1. The Morgan fingerprint density at radius 3 is 2.80 bits per heavy atom. The van der Waals surface area contributed by atoms with Gasteiger partial charge >= 0.3 is 0 Å². The highest BCUT2D eigenvalue weighted by Crippen LogP contribution is 2.36. The summed E-state index contributed by atoms with van der Waals surface area (Å²) in [6.07, 6.45) is 2.78. The number of carbonyl (C=O) groups excluding carboxylic acids is 1. The van der Waals surface area contributed by atoms with E-state index >= 15 is 0 Å². The summed E-state index contributed by atoms with van der Waals surface area (Å²) >= 11 is 1.36. The lowest BCUT2D eigenvalue weighted by Gasteiger charge is -2.16. The molecule has 1 fully saturated rings. The van der Waals surface area contributed by atoms with Crippen LogP contribution in [0.5, 0.6) is 5.75 Å². The molecule has 0 radical (unpaired) electrons. The van der Waals surface area contributed by atoms with Crippen molar-refractivity contribution in [3.8, 4) is 5.75 Å². The average Bonchev–Trinajstić information content (AvgIpc) is 3.05. The zero-order chi connectivity index (χ0) is 17.4. The monoisotopic (exact) mass is 350 g/mol. The SMILES string of the molecule is CC1(C)Cc2cc(/C=C3/SC(=Nc4ccccc4)NC3=O)ccc2O1. The fourth-order valence-corrected chi connectivity index (χ4v) is 3.81. The van der Waals surface area contributed by atoms with Gasteiger partial charge in [0.25, 0.3) is 5.91 Å². The second kappa shape index (κ2) is 6.08. The Morgan fingerprint density at radius 2 is 2.00 bits per heavy atom. The second-order valence-corrected chi connectivity index (χ2v) is 7.75. The van der Waals surface area contributed by atoms with E-state index in [4.69, 9.17) is 4.74 Å². The summed E-state index contributed by atoms with van der Waals surface area (Å²) in [5.41, 5.74) is 2.84. The van der Waals surface area contributed by atoms with E-state index in [9.17, 15) is 4.79 Å². The number of ether oxygens (including phenoxy) is 1. The minimum Gasteiger partial charge on any atom is -0.487 e. The van der Waals surface area contributed by atoms with Gasteiger partial charge in [-0.2, -0.15) is 0 Å². The maximum atomic E-state index is 12.2. The van der Waals surface area contributed by atoms with Crippen LogP contribution in [0.2, 0.25) is 0 Å². The van der Waals surface area contributed by atoms with Crippen molar-refractivity contribution in [3.63, 3.8) is 0 Å². The van der Waals surface area contributed by atoms with E-state index in [2.05, 4.69) is 30.2 Å². The number of amidine groups is 1. The topological polar surface area (TPSA) is 50.7 Å². The smallest absolute Gasteiger partial charge is 0.264 e. The molecule has 1 saturated heterocycles. The molecule has 0 bridgehead atoms. The minimum absolute atomic E-state index is 0.114. The molecule has 2 heterocycles. The highest BCUT2D eigenvalue weighted by atomic mass is 32.2. The molecular weight excluding hydrogens is 332 g/mol. The van der Waals surface area contributed by atoms with Crippen LogP contribution in [0.25, 0.3) is 6.08 Å². The zero-order valence-electron chi connectivity index (χ0n) is 14.1. The molecule has 0 saturated carbocycles. The largest absolute Gasteiger partial charge is 0.487 e. The predicted octanol–water partition coefficient (Wildman–Crippen LogP) is 4.29. The first-order valence-electron chi connectivity index (χ1n) is 8.15. The number of hydrogen-bond acceptors (Lipinski definition) is 4. The maximum absolute atomic E-state index is 12.2. The molecule has 25 heavy (non-hydrogen) atoms. The summed E-state index contributed by atoms with van der Waals surface area (Å²) in [4.78, 5) is 17.3. The van der Waals surface area contributed by atoms with Crippen molar-refractivity contribution in [2.45, 2.75) is 25.9 Å². The van der Waals surface area contributed by atoms with Crippen LogP contribution < -0.4 is 10.1 Å². The van der Waals surface area contributed by atoms with Crippen LogP contribution in [-0.4, -0.2) is 16.7 Å². The molecule has 2 aliphatic rings. The number of rotatable bonds is 2. The zero-order valence-corrected chi connectivity index (χ0v) is 14.9. The van der Waals surface area contributed by atoms with E-state index < -0.39 is 0 Å². The molecular formula is C20H18N2O2S. The van der Waals surface area contributed by atoms with Crippen molar-refractivity contribution < 1.29 is 9.53 Å². The lowest BCUT2D eigenvalue weighted by atomic mass is 10.00. The highest BCUT2D eigenvalue weighted by molar-refractivity contribution is 8.18. The molecule has 1 amide bonds. The van der Waals surface area contributed by atoms with Crippen molar-refractivity contribution in [3.05, 3.63) is 64.6 Å². The van der Waals surface area contributed by atoms with Gasteiger partial charge in [-0.25, -0.2) is 4.99 Å². The molecule has 0 atom stereocenters. The first-order chi connectivity index (χ1) is 12.0. The van der Waals surface area contributed by atoms with E-state index in [1.807, 2.05) is 48.5 Å². The summed E-state index contributed by atoms with van der Waals surface area (Å²) in [6.45, 7) is 4.16. The van der Waals surface area contributed by atoms with Crippen molar-refractivity contribution in [1.29, 1.82) is 0 Å². The van der Waals surface area contributed by atoms with Crippen LogP contribution in [0.3, 0.4) is 0 Å². The molecule has 0 spiro atoms. The molecule has 0 aliphatic carbocycles. The predicted molar refractivity (Wildman–Crippen MR) is 102 cm³/mol. The number of carbonyl (C=O) groups is 1. The highest BCUT2D eigenvalue weighted by Gasteiger charge is 2.30. The molecule has 2 aliphatic heterocycles. The number of para-hydroxylation sites is 1. The third-order valence-electron chi connectivity index (χ3n) is 4.02. The quantitative estimate of drug-likeness (QED) is 0.822. The molecule has 4 nitrogen and oxygen atoms in total. The number of amides is 1. The molecule has 2 aromatic carbocycles. The van der Waals surface area contributed by atoms with Crippen LogP contribution in [-0.2, 0) is 11.2 Å². The second-order valence-electron chi connectivity index (χ2n) is 6.72. The van der Waals surface area contributed by atoms with E-state index in [1.165, 1.54) is 17.3 Å². The fourth-order valence-electron chi connectivity index (χ4n) is 2.97. The average molecular weight is 350 g/mol. The summed E-state index contributed by atoms with van der Waals surface area (Å²) in [7, 11) is 0. The standard InChI is InChI=1S/C20H18N2O2S/c1-20(2)12-14-10-13(8-9-16(14)24-20)11-17-18(23)22-19(25-17)21-15-6-4-3-5-7-15/h3-11H,12H2,1-2H3,(H,21,22,23)/b17-11+. The van der Waals surface area contributed by atoms with Gasteiger partial charge in [0.1, 0.15) is 11.4 Å². The Bertz CT molecular complexity index is 901. The maximum Gasteiger partial charge on any atom is 0.264 e.